The van der Waals surface area contributed by atoms with Gasteiger partial charge >= 0.3 is 5.97 Å². The monoisotopic (exact) mass is 170 g/mol. The predicted molar refractivity (Wildman–Crippen MR) is 45.7 cm³/mol. The van der Waals surface area contributed by atoms with Gasteiger partial charge in [-0.2, -0.15) is 0 Å². The molecule has 0 aliphatic heterocycles. The van der Waals surface area contributed by atoms with Crippen LogP contribution in [-0.4, -0.2) is 18.9 Å². The maximum atomic E-state index is 10.6. The molecule has 0 fully saturated rings. The van der Waals surface area contributed by atoms with Gasteiger partial charge in [-0.25, -0.2) is 0 Å². The molecule has 0 aliphatic carbocycles. The van der Waals surface area contributed by atoms with Crippen molar-refractivity contribution in [1.29, 1.82) is 0 Å². The SMILES string of the molecule is COC(=O)CCCC=CC(C)=O. The summed E-state index contributed by atoms with van der Waals surface area (Å²) in [7, 11) is 1.37. The van der Waals surface area contributed by atoms with Crippen LogP contribution in [0.1, 0.15) is 26.2 Å². The third-order valence-corrected chi connectivity index (χ3v) is 1.33. The lowest BCUT2D eigenvalue weighted by molar-refractivity contribution is -0.140. The summed E-state index contributed by atoms with van der Waals surface area (Å²) in [6, 6.07) is 0. The molecule has 0 aromatic rings. The summed E-state index contributed by atoms with van der Waals surface area (Å²) < 4.78 is 4.45. The van der Waals surface area contributed by atoms with E-state index < -0.39 is 0 Å². The molecule has 0 heterocycles. The van der Waals surface area contributed by atoms with Gasteiger partial charge in [0, 0.05) is 6.42 Å². The highest BCUT2D eigenvalue weighted by atomic mass is 16.5. The normalized spacial score (nSPS) is 10.2. The number of hydrogen-bond acceptors (Lipinski definition) is 3. The molecular weight excluding hydrogens is 156 g/mol. The van der Waals surface area contributed by atoms with Crippen molar-refractivity contribution in [2.24, 2.45) is 0 Å². The van der Waals surface area contributed by atoms with Crippen LogP contribution in [0.3, 0.4) is 0 Å². The minimum atomic E-state index is -0.203. The number of carbonyl (C=O) groups excluding carboxylic acids is 2. The highest BCUT2D eigenvalue weighted by Gasteiger charge is 1.96. The van der Waals surface area contributed by atoms with Crippen molar-refractivity contribution >= 4 is 11.8 Å². The van der Waals surface area contributed by atoms with Crippen molar-refractivity contribution in [3.8, 4) is 0 Å². The molecule has 3 nitrogen and oxygen atoms in total. The topological polar surface area (TPSA) is 43.4 Å². The second-order valence-corrected chi connectivity index (χ2v) is 2.48. The van der Waals surface area contributed by atoms with Gasteiger partial charge in [-0.15, -0.1) is 0 Å². The summed E-state index contributed by atoms with van der Waals surface area (Å²) in [6.45, 7) is 1.50. The Kier molecular flexibility index (Phi) is 5.97. The fourth-order valence-electron chi connectivity index (χ4n) is 0.716. The number of rotatable bonds is 5. The Morgan fingerprint density at radius 2 is 2.08 bits per heavy atom. The molecule has 0 amide bonds. The minimum Gasteiger partial charge on any atom is -0.469 e. The summed E-state index contributed by atoms with van der Waals surface area (Å²) in [5.74, 6) is -0.167. The average molecular weight is 170 g/mol. The third-order valence-electron chi connectivity index (χ3n) is 1.33. The molecule has 0 aliphatic rings. The molecule has 0 rings (SSSR count). The molecule has 0 atom stereocenters. The highest BCUT2D eigenvalue weighted by molar-refractivity contribution is 5.87. The summed E-state index contributed by atoms with van der Waals surface area (Å²) in [6.07, 6.45) is 5.17. The van der Waals surface area contributed by atoms with E-state index in [0.717, 1.165) is 12.8 Å². The fraction of sp³-hybridized carbons (Fsp3) is 0.556. The number of allylic oxidation sites excluding steroid dienone is 2. The molecule has 0 spiro atoms. The maximum Gasteiger partial charge on any atom is 0.305 e. The molecule has 0 aromatic heterocycles. The number of carbonyl (C=O) groups is 2. The smallest absolute Gasteiger partial charge is 0.305 e. The van der Waals surface area contributed by atoms with Gasteiger partial charge in [-0.3, -0.25) is 9.59 Å². The van der Waals surface area contributed by atoms with Crippen LogP contribution in [0.5, 0.6) is 0 Å². The molecule has 0 saturated heterocycles. The van der Waals surface area contributed by atoms with E-state index in [-0.39, 0.29) is 11.8 Å². The summed E-state index contributed by atoms with van der Waals surface area (Å²) >= 11 is 0. The Balaban J connectivity index is 3.33. The molecule has 3 heteroatoms. The van der Waals surface area contributed by atoms with E-state index in [1.807, 2.05) is 0 Å². The molecule has 12 heavy (non-hydrogen) atoms. The summed E-state index contributed by atoms with van der Waals surface area (Å²) in [5.41, 5.74) is 0. The molecular formula is C9H14O3. The fourth-order valence-corrected chi connectivity index (χ4v) is 0.716. The molecule has 0 saturated carbocycles. The first kappa shape index (κ1) is 10.9. The van der Waals surface area contributed by atoms with Crippen molar-refractivity contribution in [2.75, 3.05) is 7.11 Å². The molecule has 0 aromatic carbocycles. The van der Waals surface area contributed by atoms with Crippen molar-refractivity contribution < 1.29 is 14.3 Å². The lowest BCUT2D eigenvalue weighted by atomic mass is 10.2. The standard InChI is InChI=1S/C9H14O3/c1-8(10)6-4-3-5-7-9(11)12-2/h4,6H,3,5,7H2,1-2H3. The number of ether oxygens (including phenoxy) is 1. The highest BCUT2D eigenvalue weighted by Crippen LogP contribution is 1.97. The summed E-state index contributed by atoms with van der Waals surface area (Å²) in [5, 5.41) is 0. The minimum absolute atomic E-state index is 0.0352. The Morgan fingerprint density at radius 1 is 1.42 bits per heavy atom. The van der Waals surface area contributed by atoms with Gasteiger partial charge in [0.05, 0.1) is 7.11 Å². The zero-order valence-electron chi connectivity index (χ0n) is 7.50. The van der Waals surface area contributed by atoms with Gasteiger partial charge in [-0.1, -0.05) is 6.08 Å². The molecule has 0 N–H and O–H groups in total. The Morgan fingerprint density at radius 3 is 2.58 bits per heavy atom. The van der Waals surface area contributed by atoms with Crippen LogP contribution in [0, 0.1) is 0 Å². The first-order valence-electron chi connectivity index (χ1n) is 3.90. The van der Waals surface area contributed by atoms with E-state index in [1.165, 1.54) is 20.1 Å². The van der Waals surface area contributed by atoms with E-state index in [0.29, 0.717) is 6.42 Å². The van der Waals surface area contributed by atoms with Gasteiger partial charge in [0.15, 0.2) is 5.78 Å². The van der Waals surface area contributed by atoms with E-state index in [4.69, 9.17) is 0 Å². The molecule has 68 valence electrons. The van der Waals surface area contributed by atoms with Crippen LogP contribution >= 0.6 is 0 Å². The van der Waals surface area contributed by atoms with E-state index in [2.05, 4.69) is 4.74 Å². The number of ketones is 1. The number of unbranched alkanes of at least 4 members (excludes halogenated alkanes) is 1. The predicted octanol–water partition coefficient (Wildman–Crippen LogP) is 1.47. The lowest BCUT2D eigenvalue weighted by Gasteiger charge is -1.94. The lowest BCUT2D eigenvalue weighted by Crippen LogP contribution is -1.98. The van der Waals surface area contributed by atoms with Gasteiger partial charge in [-0.05, 0) is 25.8 Å². The van der Waals surface area contributed by atoms with E-state index >= 15 is 0 Å². The van der Waals surface area contributed by atoms with Crippen LogP contribution in [0.25, 0.3) is 0 Å². The maximum absolute atomic E-state index is 10.6. The molecule has 0 unspecified atom stereocenters. The second kappa shape index (κ2) is 6.58. The zero-order valence-corrected chi connectivity index (χ0v) is 7.50. The summed E-state index contributed by atoms with van der Waals surface area (Å²) in [4.78, 5) is 21.0. The largest absolute Gasteiger partial charge is 0.469 e. The number of methoxy groups -OCH3 is 1. The van der Waals surface area contributed by atoms with Crippen molar-refractivity contribution in [3.05, 3.63) is 12.2 Å². The first-order valence-corrected chi connectivity index (χ1v) is 3.90. The Labute approximate surface area is 72.4 Å². The van der Waals surface area contributed by atoms with Crippen LogP contribution in [0.4, 0.5) is 0 Å². The van der Waals surface area contributed by atoms with Crippen LogP contribution in [0.2, 0.25) is 0 Å². The Bertz CT molecular complexity index is 182. The molecule has 0 bridgehead atoms. The number of esters is 1. The van der Waals surface area contributed by atoms with Crippen molar-refractivity contribution in [2.45, 2.75) is 26.2 Å². The molecule has 0 radical (unpaired) electrons. The van der Waals surface area contributed by atoms with Crippen LogP contribution < -0.4 is 0 Å². The second-order valence-electron chi connectivity index (χ2n) is 2.48. The van der Waals surface area contributed by atoms with Gasteiger partial charge in [0.2, 0.25) is 0 Å². The van der Waals surface area contributed by atoms with Crippen molar-refractivity contribution in [3.63, 3.8) is 0 Å². The van der Waals surface area contributed by atoms with Gasteiger partial charge in [0.25, 0.3) is 0 Å². The first-order chi connectivity index (χ1) is 5.66. The van der Waals surface area contributed by atoms with Gasteiger partial charge < -0.3 is 4.74 Å². The Hall–Kier alpha value is -1.12. The van der Waals surface area contributed by atoms with Crippen LogP contribution in [-0.2, 0) is 14.3 Å². The van der Waals surface area contributed by atoms with E-state index in [1.54, 1.807) is 6.08 Å². The number of hydrogen-bond donors (Lipinski definition) is 0. The van der Waals surface area contributed by atoms with E-state index in [9.17, 15) is 9.59 Å². The van der Waals surface area contributed by atoms with Crippen LogP contribution in [0.15, 0.2) is 12.2 Å². The van der Waals surface area contributed by atoms with Crippen molar-refractivity contribution in [1.82, 2.24) is 0 Å². The quantitative estimate of drug-likeness (QED) is 0.356. The third kappa shape index (κ3) is 6.99. The van der Waals surface area contributed by atoms with Gasteiger partial charge in [0.1, 0.15) is 0 Å². The zero-order chi connectivity index (χ0) is 9.40. The average Bonchev–Trinajstić information content (AvgIpc) is 2.03.